The van der Waals surface area contributed by atoms with Crippen LogP contribution in [0, 0.1) is 0 Å². The zero-order valence-corrected chi connectivity index (χ0v) is 17.8. The summed E-state index contributed by atoms with van der Waals surface area (Å²) in [7, 11) is 1.26. The number of fused-ring (bicyclic) bond motifs is 1. The molecule has 0 saturated carbocycles. The first-order valence-corrected chi connectivity index (χ1v) is 10.0. The summed E-state index contributed by atoms with van der Waals surface area (Å²) in [5.74, 6) is -2.17. The van der Waals surface area contributed by atoms with Gasteiger partial charge in [-0.2, -0.15) is 5.10 Å². The number of methoxy groups -OCH3 is 1. The summed E-state index contributed by atoms with van der Waals surface area (Å²) in [6, 6.07) is 11.4. The van der Waals surface area contributed by atoms with E-state index in [9.17, 15) is 14.4 Å². The maximum absolute atomic E-state index is 12.8. The SMILES string of the molecule is CCc1cc(OCC(=O)OC)c2c(C(=O)C(N)=O)c(CC)c(Cc3ccccc3)n2n1. The summed E-state index contributed by atoms with van der Waals surface area (Å²) >= 11 is 0. The highest BCUT2D eigenvalue weighted by Crippen LogP contribution is 2.33. The number of hydrogen-bond donors (Lipinski definition) is 1. The van der Waals surface area contributed by atoms with E-state index in [4.69, 9.17) is 10.5 Å². The molecule has 1 amide bonds. The van der Waals surface area contributed by atoms with Crippen molar-refractivity contribution in [2.45, 2.75) is 33.1 Å². The Morgan fingerprint density at radius 3 is 2.39 bits per heavy atom. The molecule has 0 atom stereocenters. The molecule has 0 unspecified atom stereocenters. The zero-order valence-electron chi connectivity index (χ0n) is 17.8. The minimum atomic E-state index is -1.06. The number of ketones is 1. The monoisotopic (exact) mass is 423 g/mol. The number of rotatable bonds is 9. The number of nitrogens with zero attached hydrogens (tertiary/aromatic N) is 2. The number of nitrogens with two attached hydrogens (primary N) is 1. The number of hydrogen-bond acceptors (Lipinski definition) is 6. The van der Waals surface area contributed by atoms with Gasteiger partial charge in [-0.05, 0) is 24.0 Å². The first-order valence-electron chi connectivity index (χ1n) is 10.0. The Morgan fingerprint density at radius 1 is 1.10 bits per heavy atom. The lowest BCUT2D eigenvalue weighted by Gasteiger charge is -2.11. The third kappa shape index (κ3) is 4.42. The van der Waals surface area contributed by atoms with Crippen molar-refractivity contribution >= 4 is 23.2 Å². The van der Waals surface area contributed by atoms with Gasteiger partial charge in [0, 0.05) is 12.5 Å². The fourth-order valence-corrected chi connectivity index (χ4v) is 3.57. The molecule has 8 heteroatoms. The molecule has 1 aromatic carbocycles. The standard InChI is InChI=1S/C23H25N3O5/c1-4-15-12-18(31-13-19(27)30-3)21-20(22(28)23(24)29)16(5-2)17(26(21)25-15)11-14-9-7-6-8-10-14/h6-10,12H,4-5,11,13H2,1-3H3,(H2,24,29). The van der Waals surface area contributed by atoms with Crippen LogP contribution in [-0.2, 0) is 33.6 Å². The molecule has 0 spiro atoms. The van der Waals surface area contributed by atoms with Crippen molar-refractivity contribution in [3.8, 4) is 5.75 Å². The van der Waals surface area contributed by atoms with E-state index in [1.807, 2.05) is 44.2 Å². The number of carbonyl (C=O) groups excluding carboxylic acids is 3. The molecule has 3 aromatic rings. The Morgan fingerprint density at radius 2 is 1.81 bits per heavy atom. The van der Waals surface area contributed by atoms with Gasteiger partial charge in [0.05, 0.1) is 24.1 Å². The summed E-state index contributed by atoms with van der Waals surface area (Å²) < 4.78 is 12.0. The van der Waals surface area contributed by atoms with E-state index in [2.05, 4.69) is 9.84 Å². The van der Waals surface area contributed by atoms with Crippen LogP contribution in [0.4, 0.5) is 0 Å². The van der Waals surface area contributed by atoms with Crippen LogP contribution in [-0.4, -0.2) is 41.0 Å². The normalized spacial score (nSPS) is 10.8. The molecule has 0 fully saturated rings. The second-order valence-electron chi connectivity index (χ2n) is 6.99. The van der Waals surface area contributed by atoms with E-state index in [1.54, 1.807) is 10.6 Å². The van der Waals surface area contributed by atoms with Crippen LogP contribution in [0.1, 0.15) is 46.7 Å². The third-order valence-electron chi connectivity index (χ3n) is 5.07. The number of amides is 1. The molecule has 3 rings (SSSR count). The number of aromatic nitrogens is 2. The molecule has 8 nitrogen and oxygen atoms in total. The number of ether oxygens (including phenoxy) is 2. The fourth-order valence-electron chi connectivity index (χ4n) is 3.57. The molecule has 0 saturated heterocycles. The van der Waals surface area contributed by atoms with Gasteiger partial charge in [0.1, 0.15) is 11.3 Å². The molecule has 2 aromatic heterocycles. The molecule has 31 heavy (non-hydrogen) atoms. The molecule has 2 heterocycles. The van der Waals surface area contributed by atoms with E-state index in [-0.39, 0.29) is 17.9 Å². The maximum Gasteiger partial charge on any atom is 0.343 e. The molecule has 0 aliphatic carbocycles. The second kappa shape index (κ2) is 9.42. The van der Waals surface area contributed by atoms with Crippen LogP contribution in [0.3, 0.4) is 0 Å². The molecule has 162 valence electrons. The molecule has 0 radical (unpaired) electrons. The largest absolute Gasteiger partial charge is 0.480 e. The predicted molar refractivity (Wildman–Crippen MR) is 114 cm³/mol. The summed E-state index contributed by atoms with van der Waals surface area (Å²) in [6.07, 6.45) is 1.58. The first-order chi connectivity index (χ1) is 14.9. The van der Waals surface area contributed by atoms with Crippen molar-refractivity contribution in [2.24, 2.45) is 5.73 Å². The van der Waals surface area contributed by atoms with Crippen molar-refractivity contribution in [2.75, 3.05) is 13.7 Å². The van der Waals surface area contributed by atoms with E-state index in [1.165, 1.54) is 7.11 Å². The van der Waals surface area contributed by atoms with Gasteiger partial charge in [-0.3, -0.25) is 9.59 Å². The van der Waals surface area contributed by atoms with Crippen LogP contribution >= 0.6 is 0 Å². The van der Waals surface area contributed by atoms with Gasteiger partial charge < -0.3 is 15.2 Å². The molecular formula is C23H25N3O5. The van der Waals surface area contributed by atoms with Crippen LogP contribution in [0.25, 0.3) is 5.52 Å². The first kappa shape index (κ1) is 22.0. The zero-order chi connectivity index (χ0) is 22.5. The average Bonchev–Trinajstić information content (AvgIpc) is 3.10. The maximum atomic E-state index is 12.8. The summed E-state index contributed by atoms with van der Waals surface area (Å²) in [4.78, 5) is 36.4. The molecular weight excluding hydrogens is 398 g/mol. The van der Waals surface area contributed by atoms with Crippen LogP contribution in [0.2, 0.25) is 0 Å². The van der Waals surface area contributed by atoms with Gasteiger partial charge in [0.15, 0.2) is 6.61 Å². The number of primary amides is 1. The van der Waals surface area contributed by atoms with Gasteiger partial charge in [-0.15, -0.1) is 0 Å². The lowest BCUT2D eigenvalue weighted by molar-refractivity contribution is -0.142. The highest BCUT2D eigenvalue weighted by atomic mass is 16.6. The Balaban J connectivity index is 2.32. The summed E-state index contributed by atoms with van der Waals surface area (Å²) in [5.41, 5.74) is 9.03. The highest BCUT2D eigenvalue weighted by molar-refractivity contribution is 6.44. The predicted octanol–water partition coefficient (Wildman–Crippen LogP) is 2.27. The van der Waals surface area contributed by atoms with Crippen molar-refractivity contribution in [3.05, 3.63) is 64.5 Å². The number of esters is 1. The smallest absolute Gasteiger partial charge is 0.343 e. The Labute approximate surface area is 179 Å². The van der Waals surface area contributed by atoms with Gasteiger partial charge in [-0.1, -0.05) is 44.2 Å². The number of aryl methyl sites for hydroxylation is 1. The summed E-state index contributed by atoms with van der Waals surface area (Å²) in [6.45, 7) is 3.50. The average molecular weight is 423 g/mol. The lowest BCUT2D eigenvalue weighted by atomic mass is 9.99. The quantitative estimate of drug-likeness (QED) is 0.321. The van der Waals surface area contributed by atoms with E-state index < -0.39 is 17.7 Å². The van der Waals surface area contributed by atoms with Crippen molar-refractivity contribution in [1.82, 2.24) is 9.61 Å². The van der Waals surface area contributed by atoms with Gasteiger partial charge in [0.25, 0.3) is 11.7 Å². The molecule has 0 aliphatic rings. The van der Waals surface area contributed by atoms with Gasteiger partial charge in [0.2, 0.25) is 0 Å². The van der Waals surface area contributed by atoms with Gasteiger partial charge in [-0.25, -0.2) is 9.31 Å². The molecule has 0 bridgehead atoms. The van der Waals surface area contributed by atoms with Crippen LogP contribution in [0.15, 0.2) is 36.4 Å². The minimum Gasteiger partial charge on any atom is -0.480 e. The highest BCUT2D eigenvalue weighted by Gasteiger charge is 2.29. The van der Waals surface area contributed by atoms with Crippen LogP contribution < -0.4 is 10.5 Å². The summed E-state index contributed by atoms with van der Waals surface area (Å²) in [5, 5.41) is 4.68. The lowest BCUT2D eigenvalue weighted by Crippen LogP contribution is -2.24. The van der Waals surface area contributed by atoms with Crippen LogP contribution in [0.5, 0.6) is 5.75 Å². The Bertz CT molecular complexity index is 1140. The van der Waals surface area contributed by atoms with E-state index >= 15 is 0 Å². The fraction of sp³-hybridized carbons (Fsp3) is 0.304. The van der Waals surface area contributed by atoms with Crippen molar-refractivity contribution < 1.29 is 23.9 Å². The number of carbonyl (C=O) groups is 3. The van der Waals surface area contributed by atoms with Crippen molar-refractivity contribution in [1.29, 1.82) is 0 Å². The second-order valence-corrected chi connectivity index (χ2v) is 6.99. The Hall–Kier alpha value is -3.68. The van der Waals surface area contributed by atoms with Gasteiger partial charge >= 0.3 is 5.97 Å². The number of benzene rings is 1. The van der Waals surface area contributed by atoms with E-state index in [0.717, 1.165) is 11.3 Å². The molecule has 0 aliphatic heterocycles. The topological polar surface area (TPSA) is 113 Å². The van der Waals surface area contributed by atoms with E-state index in [0.29, 0.717) is 36.0 Å². The third-order valence-corrected chi connectivity index (χ3v) is 5.07. The minimum absolute atomic E-state index is 0.163. The van der Waals surface area contributed by atoms with Crippen molar-refractivity contribution in [3.63, 3.8) is 0 Å². The molecule has 2 N–H and O–H groups in total. The Kier molecular flexibility index (Phi) is 6.69. The number of Topliss-reactive ketones (excluding diaryl/α,β-unsaturated/α-hetero) is 1.